The summed E-state index contributed by atoms with van der Waals surface area (Å²) in [6.07, 6.45) is 1.42. The van der Waals surface area contributed by atoms with E-state index in [-0.39, 0.29) is 12.2 Å². The monoisotopic (exact) mass is 186 g/mol. The van der Waals surface area contributed by atoms with Gasteiger partial charge in [-0.3, -0.25) is 0 Å². The van der Waals surface area contributed by atoms with Crippen molar-refractivity contribution >= 4 is 0 Å². The summed E-state index contributed by atoms with van der Waals surface area (Å²) in [6, 6.07) is 0. The van der Waals surface area contributed by atoms with Crippen molar-refractivity contribution < 1.29 is 14.2 Å². The van der Waals surface area contributed by atoms with Crippen LogP contribution in [-0.4, -0.2) is 31.2 Å². The van der Waals surface area contributed by atoms with Gasteiger partial charge in [-0.25, -0.2) is 0 Å². The van der Waals surface area contributed by atoms with Gasteiger partial charge in [-0.2, -0.15) is 0 Å². The van der Waals surface area contributed by atoms with Crippen LogP contribution in [-0.2, 0) is 14.2 Å². The largest absolute Gasteiger partial charge is 0.375 e. The molecule has 76 valence electrons. The van der Waals surface area contributed by atoms with Crippen molar-refractivity contribution in [2.45, 2.75) is 45.2 Å². The lowest BCUT2D eigenvalue weighted by atomic mass is 10.0. The molecule has 13 heavy (non-hydrogen) atoms. The normalized spacial score (nSPS) is 44.1. The number of hydrogen-bond donors (Lipinski definition) is 0. The van der Waals surface area contributed by atoms with Crippen molar-refractivity contribution in [2.75, 3.05) is 13.2 Å². The van der Waals surface area contributed by atoms with E-state index < -0.39 is 5.79 Å². The summed E-state index contributed by atoms with van der Waals surface area (Å²) in [7, 11) is 0. The van der Waals surface area contributed by atoms with Crippen LogP contribution in [0.2, 0.25) is 0 Å². The highest BCUT2D eigenvalue weighted by Gasteiger charge is 2.41. The Kier molecular flexibility index (Phi) is 2.34. The molecule has 1 unspecified atom stereocenters. The van der Waals surface area contributed by atoms with Gasteiger partial charge in [0.05, 0.1) is 25.4 Å². The van der Waals surface area contributed by atoms with Crippen molar-refractivity contribution in [1.29, 1.82) is 0 Å². The minimum Gasteiger partial charge on any atom is -0.375 e. The van der Waals surface area contributed by atoms with E-state index in [0.717, 1.165) is 19.6 Å². The van der Waals surface area contributed by atoms with Crippen molar-refractivity contribution in [2.24, 2.45) is 5.92 Å². The molecule has 0 aromatic rings. The van der Waals surface area contributed by atoms with Crippen LogP contribution < -0.4 is 0 Å². The molecule has 3 atom stereocenters. The standard InChI is InChI=1S/C10H18O3/c1-7-6-11-8-4-5-12-10(2,3)13-9(7)8/h7-9H,4-6H2,1-3H3/t7?,8-,9-/m1/s1. The van der Waals surface area contributed by atoms with Crippen LogP contribution in [0.1, 0.15) is 27.2 Å². The molecule has 2 aliphatic heterocycles. The molecule has 0 aliphatic carbocycles. The van der Waals surface area contributed by atoms with Crippen LogP contribution in [0.3, 0.4) is 0 Å². The average molecular weight is 186 g/mol. The van der Waals surface area contributed by atoms with Crippen LogP contribution >= 0.6 is 0 Å². The Morgan fingerprint density at radius 3 is 2.85 bits per heavy atom. The molecule has 0 radical (unpaired) electrons. The fourth-order valence-corrected chi connectivity index (χ4v) is 2.05. The Balaban J connectivity index is 2.09. The molecule has 0 spiro atoms. The van der Waals surface area contributed by atoms with Gasteiger partial charge in [0, 0.05) is 5.92 Å². The first-order chi connectivity index (χ1) is 6.08. The fraction of sp³-hybridized carbons (Fsp3) is 1.00. The van der Waals surface area contributed by atoms with E-state index in [4.69, 9.17) is 14.2 Å². The van der Waals surface area contributed by atoms with Gasteiger partial charge < -0.3 is 14.2 Å². The van der Waals surface area contributed by atoms with Gasteiger partial charge in [0.1, 0.15) is 0 Å². The zero-order valence-electron chi connectivity index (χ0n) is 8.58. The molecular weight excluding hydrogens is 168 g/mol. The molecule has 0 bridgehead atoms. The van der Waals surface area contributed by atoms with Crippen LogP contribution in [0.25, 0.3) is 0 Å². The first-order valence-electron chi connectivity index (χ1n) is 5.02. The van der Waals surface area contributed by atoms with Gasteiger partial charge in [0.25, 0.3) is 0 Å². The molecule has 3 heteroatoms. The Morgan fingerprint density at radius 2 is 2.08 bits per heavy atom. The quantitative estimate of drug-likeness (QED) is 0.574. The highest BCUT2D eigenvalue weighted by molar-refractivity contribution is 4.85. The summed E-state index contributed by atoms with van der Waals surface area (Å²) in [5.74, 6) is 0.0486. The summed E-state index contributed by atoms with van der Waals surface area (Å²) >= 11 is 0. The topological polar surface area (TPSA) is 27.7 Å². The van der Waals surface area contributed by atoms with Crippen molar-refractivity contribution in [1.82, 2.24) is 0 Å². The summed E-state index contributed by atoms with van der Waals surface area (Å²) in [6.45, 7) is 7.68. The van der Waals surface area contributed by atoms with Gasteiger partial charge in [-0.1, -0.05) is 6.92 Å². The van der Waals surface area contributed by atoms with Gasteiger partial charge in [-0.05, 0) is 20.3 Å². The summed E-state index contributed by atoms with van der Waals surface area (Å²) in [5.41, 5.74) is 0. The molecule has 2 saturated heterocycles. The third-order valence-corrected chi connectivity index (χ3v) is 2.77. The summed E-state index contributed by atoms with van der Waals surface area (Å²) < 4.78 is 17.1. The zero-order valence-corrected chi connectivity index (χ0v) is 8.58. The van der Waals surface area contributed by atoms with E-state index in [1.807, 2.05) is 13.8 Å². The van der Waals surface area contributed by atoms with Crippen molar-refractivity contribution in [3.8, 4) is 0 Å². The lowest BCUT2D eigenvalue weighted by Crippen LogP contribution is -2.36. The van der Waals surface area contributed by atoms with Crippen LogP contribution in [0, 0.1) is 5.92 Å². The van der Waals surface area contributed by atoms with Crippen LogP contribution in [0.15, 0.2) is 0 Å². The predicted octanol–water partition coefficient (Wildman–Crippen LogP) is 1.56. The van der Waals surface area contributed by atoms with E-state index in [2.05, 4.69) is 6.92 Å². The Morgan fingerprint density at radius 1 is 1.31 bits per heavy atom. The van der Waals surface area contributed by atoms with Crippen LogP contribution in [0.4, 0.5) is 0 Å². The Bertz CT molecular complexity index is 191. The SMILES string of the molecule is CC1CO[C@@H]2CCOC(C)(C)O[C@H]12. The van der Waals surface area contributed by atoms with E-state index >= 15 is 0 Å². The molecule has 2 aliphatic rings. The fourth-order valence-electron chi connectivity index (χ4n) is 2.05. The minimum atomic E-state index is -0.443. The van der Waals surface area contributed by atoms with E-state index in [1.54, 1.807) is 0 Å². The summed E-state index contributed by atoms with van der Waals surface area (Å²) in [5, 5.41) is 0. The van der Waals surface area contributed by atoms with Crippen molar-refractivity contribution in [3.05, 3.63) is 0 Å². The molecule has 0 N–H and O–H groups in total. The smallest absolute Gasteiger partial charge is 0.163 e. The van der Waals surface area contributed by atoms with Gasteiger partial charge >= 0.3 is 0 Å². The Hall–Kier alpha value is -0.120. The molecule has 3 nitrogen and oxygen atoms in total. The zero-order chi connectivity index (χ0) is 9.47. The molecule has 0 aromatic carbocycles. The predicted molar refractivity (Wildman–Crippen MR) is 48.4 cm³/mol. The summed E-state index contributed by atoms with van der Waals surface area (Å²) in [4.78, 5) is 0. The van der Waals surface area contributed by atoms with Gasteiger partial charge in [-0.15, -0.1) is 0 Å². The molecule has 0 amide bonds. The maximum Gasteiger partial charge on any atom is 0.163 e. The molecule has 0 aromatic heterocycles. The minimum absolute atomic E-state index is 0.220. The second-order valence-corrected chi connectivity index (χ2v) is 4.47. The van der Waals surface area contributed by atoms with Gasteiger partial charge in [0.2, 0.25) is 0 Å². The first kappa shape index (κ1) is 9.44. The van der Waals surface area contributed by atoms with E-state index in [0.29, 0.717) is 5.92 Å². The molecule has 0 saturated carbocycles. The molecule has 2 fully saturated rings. The lowest BCUT2D eigenvalue weighted by Gasteiger charge is -2.28. The van der Waals surface area contributed by atoms with E-state index in [9.17, 15) is 0 Å². The van der Waals surface area contributed by atoms with E-state index in [1.165, 1.54) is 0 Å². The lowest BCUT2D eigenvalue weighted by molar-refractivity contribution is -0.229. The second-order valence-electron chi connectivity index (χ2n) is 4.47. The molecule has 2 rings (SSSR count). The number of fused-ring (bicyclic) bond motifs is 1. The third kappa shape index (κ3) is 1.87. The third-order valence-electron chi connectivity index (χ3n) is 2.77. The maximum absolute atomic E-state index is 5.89. The van der Waals surface area contributed by atoms with Crippen LogP contribution in [0.5, 0.6) is 0 Å². The highest BCUT2D eigenvalue weighted by Crippen LogP contribution is 2.32. The number of hydrogen-bond acceptors (Lipinski definition) is 3. The second kappa shape index (κ2) is 3.23. The maximum atomic E-state index is 5.89. The highest BCUT2D eigenvalue weighted by atomic mass is 16.7. The molecule has 2 heterocycles. The first-order valence-corrected chi connectivity index (χ1v) is 5.02. The average Bonchev–Trinajstić information content (AvgIpc) is 2.31. The number of ether oxygens (including phenoxy) is 3. The number of rotatable bonds is 0. The van der Waals surface area contributed by atoms with Crippen molar-refractivity contribution in [3.63, 3.8) is 0 Å². The Labute approximate surface area is 79.4 Å². The van der Waals surface area contributed by atoms with Gasteiger partial charge in [0.15, 0.2) is 5.79 Å². The molecular formula is C10H18O3.